The minimum Gasteiger partial charge on any atom is -0.465 e. The Morgan fingerprint density at radius 2 is 2.00 bits per heavy atom. The highest BCUT2D eigenvalue weighted by molar-refractivity contribution is 5.66. The topological polar surface area (TPSA) is 52.6 Å². The molecular formula is C13H15F3N2O2. The molecule has 1 heterocycles. The molecule has 0 aromatic heterocycles. The van der Waals surface area contributed by atoms with Gasteiger partial charge in [0.15, 0.2) is 0 Å². The van der Waals surface area contributed by atoms with Crippen LogP contribution in [0.15, 0.2) is 24.3 Å². The summed E-state index contributed by atoms with van der Waals surface area (Å²) >= 11 is 0. The number of likely N-dealkylation sites (tertiary alicyclic amines) is 1. The van der Waals surface area contributed by atoms with Crippen molar-refractivity contribution in [3.05, 3.63) is 35.4 Å². The highest BCUT2D eigenvalue weighted by Gasteiger charge is 2.36. The third-order valence-corrected chi connectivity index (χ3v) is 3.37. The second-order valence-electron chi connectivity index (χ2n) is 4.86. The van der Waals surface area contributed by atoms with Crippen LogP contribution in [0.25, 0.3) is 0 Å². The fourth-order valence-electron chi connectivity index (χ4n) is 2.32. The van der Waals surface area contributed by atoms with Crippen LogP contribution in [-0.2, 0) is 6.18 Å². The summed E-state index contributed by atoms with van der Waals surface area (Å²) in [5, 5.41) is 11.7. The van der Waals surface area contributed by atoms with E-state index in [1.807, 2.05) is 0 Å². The van der Waals surface area contributed by atoms with Gasteiger partial charge in [0.25, 0.3) is 0 Å². The molecule has 110 valence electrons. The van der Waals surface area contributed by atoms with Gasteiger partial charge in [-0.2, -0.15) is 13.2 Å². The van der Waals surface area contributed by atoms with E-state index in [9.17, 15) is 18.0 Å². The van der Waals surface area contributed by atoms with Crippen molar-refractivity contribution in [3.8, 4) is 0 Å². The predicted molar refractivity (Wildman–Crippen MR) is 66.4 cm³/mol. The fourth-order valence-corrected chi connectivity index (χ4v) is 2.32. The van der Waals surface area contributed by atoms with E-state index in [1.54, 1.807) is 13.0 Å². The summed E-state index contributed by atoms with van der Waals surface area (Å²) in [6.07, 6.45) is -5.40. The van der Waals surface area contributed by atoms with E-state index in [4.69, 9.17) is 5.11 Å². The summed E-state index contributed by atoms with van der Waals surface area (Å²) in [6.45, 7) is 2.25. The lowest BCUT2D eigenvalue weighted by Crippen LogP contribution is -2.59. The maximum absolute atomic E-state index is 12.9. The van der Waals surface area contributed by atoms with Gasteiger partial charge in [0, 0.05) is 25.2 Å². The smallest absolute Gasteiger partial charge is 0.416 e. The van der Waals surface area contributed by atoms with Gasteiger partial charge in [-0.3, -0.25) is 0 Å². The Morgan fingerprint density at radius 3 is 2.55 bits per heavy atom. The number of carboxylic acid groups (broad SMARTS) is 1. The van der Waals surface area contributed by atoms with Gasteiger partial charge >= 0.3 is 12.3 Å². The predicted octanol–water partition coefficient (Wildman–Crippen LogP) is 2.72. The minimum absolute atomic E-state index is 0.109. The van der Waals surface area contributed by atoms with Crippen LogP contribution in [0.4, 0.5) is 18.0 Å². The first-order valence-corrected chi connectivity index (χ1v) is 6.19. The lowest BCUT2D eigenvalue weighted by molar-refractivity contribution is -0.138. The van der Waals surface area contributed by atoms with Gasteiger partial charge in [0.05, 0.1) is 5.56 Å². The van der Waals surface area contributed by atoms with Gasteiger partial charge in [-0.05, 0) is 18.6 Å². The zero-order chi connectivity index (χ0) is 14.9. The van der Waals surface area contributed by atoms with E-state index in [0.29, 0.717) is 13.1 Å². The van der Waals surface area contributed by atoms with Gasteiger partial charge in [0.1, 0.15) is 0 Å². The molecule has 0 saturated carbocycles. The number of nitrogens with one attached hydrogen (secondary N) is 1. The molecule has 1 amide bonds. The van der Waals surface area contributed by atoms with E-state index in [0.717, 1.165) is 6.07 Å². The van der Waals surface area contributed by atoms with Crippen LogP contribution < -0.4 is 5.32 Å². The summed E-state index contributed by atoms with van der Waals surface area (Å²) in [5.41, 5.74) is -0.483. The number of halogens is 3. The second-order valence-corrected chi connectivity index (χ2v) is 4.86. The third-order valence-electron chi connectivity index (χ3n) is 3.37. The van der Waals surface area contributed by atoms with Gasteiger partial charge in [-0.15, -0.1) is 0 Å². The summed E-state index contributed by atoms with van der Waals surface area (Å²) in [4.78, 5) is 11.8. The number of benzene rings is 1. The molecule has 0 aliphatic carbocycles. The molecule has 1 fully saturated rings. The monoisotopic (exact) mass is 288 g/mol. The van der Waals surface area contributed by atoms with E-state index in [1.165, 1.54) is 17.0 Å². The summed E-state index contributed by atoms with van der Waals surface area (Å²) in [7, 11) is 0. The lowest BCUT2D eigenvalue weighted by atomic mass is 9.99. The maximum Gasteiger partial charge on any atom is 0.416 e. The molecule has 1 aliphatic heterocycles. The zero-order valence-corrected chi connectivity index (χ0v) is 10.8. The van der Waals surface area contributed by atoms with Crippen LogP contribution in [0.3, 0.4) is 0 Å². The molecule has 7 heteroatoms. The molecule has 1 atom stereocenters. The molecule has 0 spiro atoms. The first kappa shape index (κ1) is 14.6. The Labute approximate surface area is 114 Å². The van der Waals surface area contributed by atoms with E-state index >= 15 is 0 Å². The standard InChI is InChI=1S/C13H15F3N2O2/c1-8(17-9-6-18(7-9)12(19)20)10-4-2-3-5-11(10)13(14,15)16/h2-5,8-9,17H,6-7H2,1H3,(H,19,20). The van der Waals surface area contributed by atoms with E-state index < -0.39 is 23.9 Å². The third kappa shape index (κ3) is 3.04. The Hall–Kier alpha value is -1.76. The van der Waals surface area contributed by atoms with Crippen molar-refractivity contribution in [3.63, 3.8) is 0 Å². The minimum atomic E-state index is -4.39. The molecule has 2 N–H and O–H groups in total. The number of hydrogen-bond acceptors (Lipinski definition) is 2. The first-order chi connectivity index (χ1) is 9.29. The van der Waals surface area contributed by atoms with Crippen molar-refractivity contribution >= 4 is 6.09 Å². The Kier molecular flexibility index (Phi) is 3.89. The Morgan fingerprint density at radius 1 is 1.40 bits per heavy atom. The van der Waals surface area contributed by atoms with Crippen LogP contribution in [0.1, 0.15) is 24.1 Å². The fraction of sp³-hybridized carbons (Fsp3) is 0.462. The average Bonchev–Trinajstić information content (AvgIpc) is 2.31. The molecule has 2 rings (SSSR count). The van der Waals surface area contributed by atoms with Crippen molar-refractivity contribution in [2.45, 2.75) is 25.2 Å². The number of carbonyl (C=O) groups is 1. The Bertz CT molecular complexity index is 499. The largest absolute Gasteiger partial charge is 0.465 e. The number of nitrogens with zero attached hydrogens (tertiary/aromatic N) is 1. The summed E-state index contributed by atoms with van der Waals surface area (Å²) in [5.74, 6) is 0. The number of amides is 1. The lowest BCUT2D eigenvalue weighted by Gasteiger charge is -2.39. The second kappa shape index (κ2) is 5.32. The van der Waals surface area contributed by atoms with E-state index in [2.05, 4.69) is 5.32 Å². The first-order valence-electron chi connectivity index (χ1n) is 6.19. The van der Waals surface area contributed by atoms with Gasteiger partial charge < -0.3 is 15.3 Å². The summed E-state index contributed by atoms with van der Waals surface area (Å²) in [6, 6.07) is 4.81. The highest BCUT2D eigenvalue weighted by atomic mass is 19.4. The quantitative estimate of drug-likeness (QED) is 0.899. The van der Waals surface area contributed by atoms with Crippen LogP contribution in [0.5, 0.6) is 0 Å². The molecule has 20 heavy (non-hydrogen) atoms. The number of alkyl halides is 3. The van der Waals surface area contributed by atoms with Crippen molar-refractivity contribution in [2.75, 3.05) is 13.1 Å². The van der Waals surface area contributed by atoms with Crippen molar-refractivity contribution in [2.24, 2.45) is 0 Å². The SMILES string of the molecule is CC(NC1CN(C(=O)O)C1)c1ccccc1C(F)(F)F. The van der Waals surface area contributed by atoms with Gasteiger partial charge in [-0.1, -0.05) is 18.2 Å². The molecule has 0 bridgehead atoms. The van der Waals surface area contributed by atoms with Crippen LogP contribution in [0.2, 0.25) is 0 Å². The van der Waals surface area contributed by atoms with Gasteiger partial charge in [-0.25, -0.2) is 4.79 Å². The average molecular weight is 288 g/mol. The van der Waals surface area contributed by atoms with Crippen molar-refractivity contribution in [1.82, 2.24) is 10.2 Å². The zero-order valence-electron chi connectivity index (χ0n) is 10.8. The molecule has 1 aliphatic rings. The van der Waals surface area contributed by atoms with Crippen LogP contribution in [0, 0.1) is 0 Å². The molecule has 4 nitrogen and oxygen atoms in total. The normalized spacial score (nSPS) is 17.7. The Balaban J connectivity index is 2.04. The highest BCUT2D eigenvalue weighted by Crippen LogP contribution is 2.34. The molecular weight excluding hydrogens is 273 g/mol. The molecule has 1 unspecified atom stereocenters. The molecule has 1 saturated heterocycles. The maximum atomic E-state index is 12.9. The van der Waals surface area contributed by atoms with Crippen molar-refractivity contribution in [1.29, 1.82) is 0 Å². The molecule has 1 aromatic carbocycles. The molecule has 1 aromatic rings. The van der Waals surface area contributed by atoms with Crippen LogP contribution >= 0.6 is 0 Å². The molecule has 0 radical (unpaired) electrons. The number of hydrogen-bond donors (Lipinski definition) is 2. The van der Waals surface area contributed by atoms with E-state index in [-0.39, 0.29) is 11.6 Å². The summed E-state index contributed by atoms with van der Waals surface area (Å²) < 4.78 is 38.7. The number of rotatable bonds is 3. The van der Waals surface area contributed by atoms with Crippen molar-refractivity contribution < 1.29 is 23.1 Å². The van der Waals surface area contributed by atoms with Crippen LogP contribution in [-0.4, -0.2) is 35.2 Å². The van der Waals surface area contributed by atoms with Gasteiger partial charge in [0.2, 0.25) is 0 Å².